The van der Waals surface area contributed by atoms with E-state index < -0.39 is 0 Å². The molecule has 1 heteroatoms. The van der Waals surface area contributed by atoms with Crippen LogP contribution in [0.3, 0.4) is 0 Å². The lowest BCUT2D eigenvalue weighted by atomic mass is 10.3. The van der Waals surface area contributed by atoms with Gasteiger partial charge in [0, 0.05) is 6.42 Å². The molecule has 38 valence electrons. The summed E-state index contributed by atoms with van der Waals surface area (Å²) in [4.78, 5) is 0. The first-order valence-corrected chi connectivity index (χ1v) is 2.05. The molecule has 0 amide bonds. The number of allylic oxidation sites excluding steroid dienone is 1. The molecule has 0 fully saturated rings. The lowest BCUT2D eigenvalue weighted by molar-refractivity contribution is -0.305. The van der Waals surface area contributed by atoms with E-state index in [0.717, 1.165) is 0 Å². The van der Waals surface area contributed by atoms with Crippen LogP contribution in [0.4, 0.5) is 0 Å². The summed E-state index contributed by atoms with van der Waals surface area (Å²) < 4.78 is 0. The monoisotopic (exact) mass is 95.1 g/mol. The molecule has 1 nitrogen and oxygen atoms in total. The number of hydrogen-bond donors (Lipinski definition) is 0. The molecular formula is C6H7O-. The van der Waals surface area contributed by atoms with E-state index in [0.29, 0.717) is 12.8 Å². The van der Waals surface area contributed by atoms with Crippen LogP contribution in [0.15, 0.2) is 12.3 Å². The third-order valence-electron chi connectivity index (χ3n) is 0.548. The van der Waals surface area contributed by atoms with Crippen molar-refractivity contribution in [3.63, 3.8) is 0 Å². The number of rotatable bonds is 2. The van der Waals surface area contributed by atoms with Crippen molar-refractivity contribution in [2.45, 2.75) is 12.8 Å². The van der Waals surface area contributed by atoms with Gasteiger partial charge in [-0.15, -0.1) is 24.7 Å². The molecule has 0 bridgehead atoms. The Morgan fingerprint density at radius 2 is 2.43 bits per heavy atom. The van der Waals surface area contributed by atoms with Crippen LogP contribution in [0.25, 0.3) is 0 Å². The molecule has 0 N–H and O–H groups in total. The lowest BCUT2D eigenvalue weighted by Gasteiger charge is -2.03. The van der Waals surface area contributed by atoms with Gasteiger partial charge in [0.25, 0.3) is 0 Å². The smallest absolute Gasteiger partial charge is 0.0115 e. The summed E-state index contributed by atoms with van der Waals surface area (Å²) in [6.45, 7) is 3.14. The van der Waals surface area contributed by atoms with E-state index in [2.05, 4.69) is 12.5 Å². The molecule has 0 saturated heterocycles. The molecule has 0 aromatic rings. The van der Waals surface area contributed by atoms with Gasteiger partial charge in [-0.25, -0.2) is 0 Å². The summed E-state index contributed by atoms with van der Waals surface area (Å²) in [5, 5.41) is 10.00. The van der Waals surface area contributed by atoms with Crippen LogP contribution in [0.5, 0.6) is 0 Å². The summed E-state index contributed by atoms with van der Waals surface area (Å²) >= 11 is 0. The van der Waals surface area contributed by atoms with Gasteiger partial charge in [-0.1, -0.05) is 0 Å². The summed E-state index contributed by atoms with van der Waals surface area (Å²) in [5.74, 6) is 2.25. The van der Waals surface area contributed by atoms with Crippen molar-refractivity contribution in [3.05, 3.63) is 12.3 Å². The fourth-order valence-corrected chi connectivity index (χ4v) is 0.212. The first-order valence-electron chi connectivity index (χ1n) is 2.05. The van der Waals surface area contributed by atoms with E-state index >= 15 is 0 Å². The molecular weight excluding hydrogens is 88.1 g/mol. The van der Waals surface area contributed by atoms with Crippen molar-refractivity contribution in [3.8, 4) is 12.3 Å². The normalized spacial score (nSPS) is 7.29. The Morgan fingerprint density at radius 3 is 2.57 bits per heavy atom. The third-order valence-corrected chi connectivity index (χ3v) is 0.548. The second-order valence-electron chi connectivity index (χ2n) is 1.24. The van der Waals surface area contributed by atoms with Crippen molar-refractivity contribution in [1.29, 1.82) is 0 Å². The van der Waals surface area contributed by atoms with Crippen molar-refractivity contribution in [2.75, 3.05) is 0 Å². The van der Waals surface area contributed by atoms with E-state index in [1.54, 1.807) is 0 Å². The maximum Gasteiger partial charge on any atom is 0.0115 e. The molecule has 0 saturated carbocycles. The molecule has 0 radical (unpaired) electrons. The molecule has 0 spiro atoms. The molecule has 0 aromatic heterocycles. The van der Waals surface area contributed by atoms with Crippen molar-refractivity contribution < 1.29 is 5.11 Å². The zero-order valence-electron chi connectivity index (χ0n) is 4.11. The van der Waals surface area contributed by atoms with Gasteiger partial charge >= 0.3 is 0 Å². The van der Waals surface area contributed by atoms with Crippen LogP contribution in [-0.4, -0.2) is 0 Å². The van der Waals surface area contributed by atoms with Crippen LogP contribution in [0.1, 0.15) is 12.8 Å². The summed E-state index contributed by atoms with van der Waals surface area (Å²) in [7, 11) is 0. The summed E-state index contributed by atoms with van der Waals surface area (Å²) in [6, 6.07) is 0. The lowest BCUT2D eigenvalue weighted by Crippen LogP contribution is -1.99. The minimum absolute atomic E-state index is 0.0852. The van der Waals surface area contributed by atoms with Gasteiger partial charge in [0.2, 0.25) is 0 Å². The zero-order valence-corrected chi connectivity index (χ0v) is 4.11. The Balaban J connectivity index is 3.02. The standard InChI is InChI=1S/C6H8O/c1-3-4-5-6(2)7/h1,7H,2,4-5H2/p-1. The highest BCUT2D eigenvalue weighted by atomic mass is 16.3. The van der Waals surface area contributed by atoms with Crippen LogP contribution in [0, 0.1) is 12.3 Å². The van der Waals surface area contributed by atoms with Crippen LogP contribution >= 0.6 is 0 Å². The first kappa shape index (κ1) is 6.10. The number of terminal acetylenes is 1. The Labute approximate surface area is 43.7 Å². The van der Waals surface area contributed by atoms with Gasteiger partial charge in [-0.05, 0) is 6.42 Å². The topological polar surface area (TPSA) is 23.1 Å². The Morgan fingerprint density at radius 1 is 1.86 bits per heavy atom. The van der Waals surface area contributed by atoms with Crippen molar-refractivity contribution in [1.82, 2.24) is 0 Å². The average molecular weight is 95.1 g/mol. The van der Waals surface area contributed by atoms with E-state index in [1.165, 1.54) is 0 Å². The van der Waals surface area contributed by atoms with Crippen molar-refractivity contribution >= 4 is 0 Å². The van der Waals surface area contributed by atoms with Gasteiger partial charge in [-0.2, -0.15) is 0 Å². The van der Waals surface area contributed by atoms with Crippen molar-refractivity contribution in [2.24, 2.45) is 0 Å². The Bertz CT molecular complexity index is 97.2. The van der Waals surface area contributed by atoms with Crippen LogP contribution in [0.2, 0.25) is 0 Å². The predicted molar refractivity (Wildman–Crippen MR) is 27.2 cm³/mol. The SMILES string of the molecule is C#CCCC(=C)[O-]. The van der Waals surface area contributed by atoms with E-state index in [4.69, 9.17) is 6.42 Å². The highest BCUT2D eigenvalue weighted by molar-refractivity contribution is 4.89. The van der Waals surface area contributed by atoms with Gasteiger partial charge in [0.1, 0.15) is 0 Å². The molecule has 0 aromatic carbocycles. The quantitative estimate of drug-likeness (QED) is 0.356. The first-order chi connectivity index (χ1) is 3.27. The summed E-state index contributed by atoms with van der Waals surface area (Å²) in [6.07, 6.45) is 5.78. The summed E-state index contributed by atoms with van der Waals surface area (Å²) in [5.41, 5.74) is 0. The second kappa shape index (κ2) is 3.30. The highest BCUT2D eigenvalue weighted by Crippen LogP contribution is 1.89. The zero-order chi connectivity index (χ0) is 5.70. The maximum atomic E-state index is 10.00. The minimum atomic E-state index is -0.0852. The molecule has 0 aliphatic carbocycles. The van der Waals surface area contributed by atoms with Crippen LogP contribution in [-0.2, 0) is 0 Å². The predicted octanol–water partition coefficient (Wildman–Crippen LogP) is 0.274. The average Bonchev–Trinajstić information content (AvgIpc) is 1.61. The van der Waals surface area contributed by atoms with E-state index in [1.807, 2.05) is 0 Å². The Hall–Kier alpha value is -0.900. The molecule has 0 heterocycles. The number of hydrogen-bond acceptors (Lipinski definition) is 1. The second-order valence-corrected chi connectivity index (χ2v) is 1.24. The Kier molecular flexibility index (Phi) is 2.87. The molecule has 0 aliphatic heterocycles. The van der Waals surface area contributed by atoms with Crippen LogP contribution < -0.4 is 5.11 Å². The third kappa shape index (κ3) is 5.10. The molecule has 7 heavy (non-hydrogen) atoms. The fraction of sp³-hybridized carbons (Fsp3) is 0.333. The molecule has 0 atom stereocenters. The molecule has 0 rings (SSSR count). The van der Waals surface area contributed by atoms with Gasteiger partial charge in [0.15, 0.2) is 0 Å². The van der Waals surface area contributed by atoms with Gasteiger partial charge in [0.05, 0.1) is 0 Å². The molecule has 0 aliphatic rings. The van der Waals surface area contributed by atoms with E-state index in [-0.39, 0.29) is 5.76 Å². The minimum Gasteiger partial charge on any atom is -0.876 e. The maximum absolute atomic E-state index is 10.00. The largest absolute Gasteiger partial charge is 0.876 e. The highest BCUT2D eigenvalue weighted by Gasteiger charge is 1.72. The van der Waals surface area contributed by atoms with Gasteiger partial charge < -0.3 is 5.11 Å². The van der Waals surface area contributed by atoms with Gasteiger partial charge in [-0.3, -0.25) is 0 Å². The molecule has 0 unspecified atom stereocenters. The fourth-order valence-electron chi connectivity index (χ4n) is 0.212. The van der Waals surface area contributed by atoms with E-state index in [9.17, 15) is 5.11 Å².